The summed E-state index contributed by atoms with van der Waals surface area (Å²) < 4.78 is 5.08. The molecule has 14 heavy (non-hydrogen) atoms. The van der Waals surface area contributed by atoms with E-state index >= 15 is 0 Å². The molecule has 1 saturated carbocycles. The van der Waals surface area contributed by atoms with Crippen molar-refractivity contribution in [2.24, 2.45) is 5.92 Å². The van der Waals surface area contributed by atoms with Crippen LogP contribution in [0.25, 0.3) is 0 Å². The molecule has 2 unspecified atom stereocenters. The van der Waals surface area contributed by atoms with Gasteiger partial charge in [-0.2, -0.15) is 5.26 Å². The van der Waals surface area contributed by atoms with Crippen LogP contribution in [0.4, 0.5) is 0 Å². The molecule has 1 N–H and O–H groups in total. The molecule has 0 spiro atoms. The fourth-order valence-corrected chi connectivity index (χ4v) is 2.46. The molecule has 0 aromatic carbocycles. The van der Waals surface area contributed by atoms with Gasteiger partial charge in [-0.05, 0) is 31.7 Å². The van der Waals surface area contributed by atoms with E-state index in [2.05, 4.69) is 18.3 Å². The van der Waals surface area contributed by atoms with Crippen LogP contribution in [-0.2, 0) is 4.74 Å². The predicted octanol–water partition coefficient (Wildman–Crippen LogP) is 1.69. The van der Waals surface area contributed by atoms with Gasteiger partial charge in [0.2, 0.25) is 0 Å². The summed E-state index contributed by atoms with van der Waals surface area (Å²) in [5.41, 5.74) is -0.271. The van der Waals surface area contributed by atoms with E-state index in [1.807, 2.05) is 0 Å². The van der Waals surface area contributed by atoms with Gasteiger partial charge in [0.1, 0.15) is 5.54 Å². The molecule has 3 heteroatoms. The smallest absolute Gasteiger partial charge is 0.109 e. The van der Waals surface area contributed by atoms with E-state index in [9.17, 15) is 5.26 Å². The van der Waals surface area contributed by atoms with Gasteiger partial charge in [0.05, 0.1) is 6.07 Å². The average Bonchev–Trinajstić information content (AvgIpc) is 2.59. The Morgan fingerprint density at radius 1 is 1.64 bits per heavy atom. The largest absolute Gasteiger partial charge is 0.385 e. The highest BCUT2D eigenvalue weighted by molar-refractivity contribution is 5.13. The minimum absolute atomic E-state index is 0.271. The van der Waals surface area contributed by atoms with Gasteiger partial charge in [-0.15, -0.1) is 0 Å². The summed E-state index contributed by atoms with van der Waals surface area (Å²) in [5, 5.41) is 12.6. The number of hydrogen-bond donors (Lipinski definition) is 1. The molecule has 1 rings (SSSR count). The summed E-state index contributed by atoms with van der Waals surface area (Å²) >= 11 is 0. The number of nitrogens with one attached hydrogen (secondary N) is 1. The van der Waals surface area contributed by atoms with Gasteiger partial charge in [-0.1, -0.05) is 13.3 Å². The summed E-state index contributed by atoms with van der Waals surface area (Å²) in [4.78, 5) is 0. The van der Waals surface area contributed by atoms with Crippen molar-refractivity contribution >= 4 is 0 Å². The van der Waals surface area contributed by atoms with Crippen LogP contribution in [-0.4, -0.2) is 25.8 Å². The second kappa shape index (κ2) is 5.33. The molecule has 0 aromatic rings. The Hall–Kier alpha value is -0.590. The SMILES string of the molecule is CCNC1(C#N)CCCC1CCOC. The predicted molar refractivity (Wildman–Crippen MR) is 55.9 cm³/mol. The van der Waals surface area contributed by atoms with Crippen LogP contribution < -0.4 is 5.32 Å². The Morgan fingerprint density at radius 2 is 2.43 bits per heavy atom. The molecule has 1 aliphatic carbocycles. The molecule has 0 radical (unpaired) electrons. The number of nitriles is 1. The number of methoxy groups -OCH3 is 1. The summed E-state index contributed by atoms with van der Waals surface area (Å²) in [6, 6.07) is 2.47. The summed E-state index contributed by atoms with van der Waals surface area (Å²) in [6.07, 6.45) is 4.31. The van der Waals surface area contributed by atoms with Gasteiger partial charge < -0.3 is 4.74 Å². The lowest BCUT2D eigenvalue weighted by molar-refractivity contribution is 0.161. The molecular weight excluding hydrogens is 176 g/mol. The molecule has 0 saturated heterocycles. The fraction of sp³-hybridized carbons (Fsp3) is 0.909. The van der Waals surface area contributed by atoms with Gasteiger partial charge in [0, 0.05) is 13.7 Å². The third-order valence-corrected chi connectivity index (χ3v) is 3.18. The topological polar surface area (TPSA) is 45.0 Å². The van der Waals surface area contributed by atoms with Crippen LogP contribution in [0.2, 0.25) is 0 Å². The highest BCUT2D eigenvalue weighted by atomic mass is 16.5. The normalized spacial score (nSPS) is 31.6. The number of ether oxygens (including phenoxy) is 1. The molecular formula is C11H20N2O. The number of hydrogen-bond acceptors (Lipinski definition) is 3. The first kappa shape index (κ1) is 11.5. The van der Waals surface area contributed by atoms with E-state index in [1.165, 1.54) is 0 Å². The molecule has 0 amide bonds. The first-order chi connectivity index (χ1) is 6.79. The van der Waals surface area contributed by atoms with Gasteiger partial charge in [-0.3, -0.25) is 5.32 Å². The molecule has 1 aliphatic rings. The number of rotatable bonds is 5. The first-order valence-electron chi connectivity index (χ1n) is 5.44. The molecule has 0 heterocycles. The maximum Gasteiger partial charge on any atom is 0.109 e. The van der Waals surface area contributed by atoms with Crippen molar-refractivity contribution in [1.29, 1.82) is 5.26 Å². The summed E-state index contributed by atoms with van der Waals surface area (Å²) in [7, 11) is 1.72. The monoisotopic (exact) mass is 196 g/mol. The van der Waals surface area contributed by atoms with Crippen LogP contribution in [0.3, 0.4) is 0 Å². The highest BCUT2D eigenvalue weighted by Crippen LogP contribution is 2.37. The molecule has 0 aromatic heterocycles. The Labute approximate surface area is 86.4 Å². The fourth-order valence-electron chi connectivity index (χ4n) is 2.46. The molecule has 2 atom stereocenters. The Bertz CT molecular complexity index is 212. The lowest BCUT2D eigenvalue weighted by atomic mass is 9.86. The van der Waals surface area contributed by atoms with Crippen molar-refractivity contribution in [2.45, 2.75) is 38.1 Å². The lowest BCUT2D eigenvalue weighted by Gasteiger charge is -2.29. The Morgan fingerprint density at radius 3 is 3.00 bits per heavy atom. The standard InChI is InChI=1S/C11H20N2O/c1-3-13-11(9-12)7-4-5-10(11)6-8-14-2/h10,13H,3-8H2,1-2H3. The second-order valence-electron chi connectivity index (χ2n) is 3.98. The van der Waals surface area contributed by atoms with E-state index < -0.39 is 0 Å². The molecule has 0 aliphatic heterocycles. The van der Waals surface area contributed by atoms with Gasteiger partial charge >= 0.3 is 0 Å². The second-order valence-corrected chi connectivity index (χ2v) is 3.98. The quantitative estimate of drug-likeness (QED) is 0.728. The van der Waals surface area contributed by atoms with Gasteiger partial charge in [0.15, 0.2) is 0 Å². The van der Waals surface area contributed by atoms with Crippen molar-refractivity contribution in [1.82, 2.24) is 5.32 Å². The average molecular weight is 196 g/mol. The number of nitrogens with zero attached hydrogens (tertiary/aromatic N) is 1. The molecule has 80 valence electrons. The molecule has 1 fully saturated rings. The first-order valence-corrected chi connectivity index (χ1v) is 5.44. The van der Waals surface area contributed by atoms with Gasteiger partial charge in [-0.25, -0.2) is 0 Å². The van der Waals surface area contributed by atoms with Crippen LogP contribution in [0.5, 0.6) is 0 Å². The van der Waals surface area contributed by atoms with Crippen LogP contribution in [0, 0.1) is 17.2 Å². The molecule has 0 bridgehead atoms. The minimum Gasteiger partial charge on any atom is -0.385 e. The van der Waals surface area contributed by atoms with E-state index in [1.54, 1.807) is 7.11 Å². The van der Waals surface area contributed by atoms with E-state index in [0.29, 0.717) is 5.92 Å². The zero-order valence-electron chi connectivity index (χ0n) is 9.18. The lowest BCUT2D eigenvalue weighted by Crippen LogP contribution is -2.47. The van der Waals surface area contributed by atoms with Crippen molar-refractivity contribution in [3.63, 3.8) is 0 Å². The summed E-state index contributed by atoms with van der Waals surface area (Å²) in [5.74, 6) is 0.465. The Kier molecular flexibility index (Phi) is 4.37. The van der Waals surface area contributed by atoms with Gasteiger partial charge in [0.25, 0.3) is 0 Å². The maximum atomic E-state index is 9.26. The third-order valence-electron chi connectivity index (χ3n) is 3.18. The van der Waals surface area contributed by atoms with Crippen LogP contribution >= 0.6 is 0 Å². The summed E-state index contributed by atoms with van der Waals surface area (Å²) in [6.45, 7) is 3.70. The maximum absolute atomic E-state index is 9.26. The van der Waals surface area contributed by atoms with E-state index in [-0.39, 0.29) is 5.54 Å². The van der Waals surface area contributed by atoms with E-state index in [0.717, 1.165) is 38.8 Å². The van der Waals surface area contributed by atoms with Crippen molar-refractivity contribution in [2.75, 3.05) is 20.3 Å². The van der Waals surface area contributed by atoms with Crippen LogP contribution in [0.1, 0.15) is 32.6 Å². The zero-order valence-corrected chi connectivity index (χ0v) is 9.18. The van der Waals surface area contributed by atoms with Crippen molar-refractivity contribution in [3.8, 4) is 6.07 Å². The Balaban J connectivity index is 2.59. The minimum atomic E-state index is -0.271. The molecule has 3 nitrogen and oxygen atoms in total. The van der Waals surface area contributed by atoms with Crippen molar-refractivity contribution < 1.29 is 4.74 Å². The third kappa shape index (κ3) is 2.26. The van der Waals surface area contributed by atoms with Crippen LogP contribution in [0.15, 0.2) is 0 Å². The van der Waals surface area contributed by atoms with E-state index in [4.69, 9.17) is 4.74 Å². The highest BCUT2D eigenvalue weighted by Gasteiger charge is 2.41. The zero-order chi connectivity index (χ0) is 10.4. The van der Waals surface area contributed by atoms with Crippen molar-refractivity contribution in [3.05, 3.63) is 0 Å².